The van der Waals surface area contributed by atoms with Gasteiger partial charge >= 0.3 is 5.97 Å². The third kappa shape index (κ3) is 6.82. The highest BCUT2D eigenvalue weighted by Gasteiger charge is 2.23. The summed E-state index contributed by atoms with van der Waals surface area (Å²) >= 11 is 0. The largest absolute Gasteiger partial charge is 0.481 e. The number of carboxylic acid groups (broad SMARTS) is 1. The first-order valence-corrected chi connectivity index (χ1v) is 9.83. The molecule has 1 N–H and O–H groups in total. The first-order chi connectivity index (χ1) is 14.8. The van der Waals surface area contributed by atoms with Gasteiger partial charge in [0.15, 0.2) is 0 Å². The average Bonchev–Trinajstić information content (AvgIpc) is 2.76. The Labute approximate surface area is 183 Å². The van der Waals surface area contributed by atoms with E-state index in [0.29, 0.717) is 12.1 Å². The molecule has 0 bridgehead atoms. The molecule has 0 amide bonds. The number of benzene rings is 2. The minimum absolute atomic E-state index is 0.00449. The normalized spacial score (nSPS) is 11.9. The van der Waals surface area contributed by atoms with Crippen molar-refractivity contribution < 1.29 is 18.7 Å². The molecule has 0 aliphatic carbocycles. The van der Waals surface area contributed by atoms with E-state index in [9.17, 15) is 13.6 Å². The summed E-state index contributed by atoms with van der Waals surface area (Å²) in [7, 11) is 1.78. The van der Waals surface area contributed by atoms with Crippen LogP contribution in [0, 0.1) is 19.8 Å². The average molecular weight is 426 g/mol. The Morgan fingerprint density at radius 1 is 1.19 bits per heavy atom. The minimum atomic E-state index is -2.48. The van der Waals surface area contributed by atoms with Gasteiger partial charge in [-0.15, -0.1) is 12.8 Å². The molecule has 5 heteroatoms. The van der Waals surface area contributed by atoms with Crippen LogP contribution in [0.5, 0.6) is 0 Å². The van der Waals surface area contributed by atoms with Gasteiger partial charge in [0.25, 0.3) is 0 Å². The molecule has 0 aliphatic heterocycles. The Hall–Kier alpha value is -3.39. The number of aliphatic carboxylic acids is 1. The number of hydrogen-bond donors (Lipinski definition) is 1. The van der Waals surface area contributed by atoms with Gasteiger partial charge in [-0.2, -0.15) is 0 Å². The van der Waals surface area contributed by atoms with Crippen molar-refractivity contribution in [1.29, 1.82) is 0 Å². The molecular formula is C26H29F2NO2. The number of rotatable bonds is 9. The van der Waals surface area contributed by atoms with Crippen molar-refractivity contribution in [2.45, 2.75) is 32.6 Å². The van der Waals surface area contributed by atoms with Crippen molar-refractivity contribution in [2.24, 2.45) is 0 Å². The van der Waals surface area contributed by atoms with Crippen LogP contribution in [-0.2, 0) is 4.79 Å². The minimum Gasteiger partial charge on any atom is -0.481 e. The maximum absolute atomic E-state index is 13.6. The van der Waals surface area contributed by atoms with Gasteiger partial charge in [-0.25, -0.2) is 8.78 Å². The molecule has 0 saturated carbocycles. The van der Waals surface area contributed by atoms with E-state index in [2.05, 4.69) is 19.4 Å². The van der Waals surface area contributed by atoms with Crippen LogP contribution < -0.4 is 0 Å². The number of nitrogens with zero attached hydrogens (tertiary/aromatic N) is 1. The summed E-state index contributed by atoms with van der Waals surface area (Å²) in [6.07, 6.45) is 9.00. The molecule has 1 atom stereocenters. The van der Waals surface area contributed by atoms with Crippen LogP contribution in [0.4, 0.5) is 8.78 Å². The molecule has 0 aliphatic rings. The first kappa shape index (κ1) is 25.6. The van der Waals surface area contributed by atoms with Gasteiger partial charge < -0.3 is 10.0 Å². The number of terminal acetylenes is 1. The quantitative estimate of drug-likeness (QED) is 0.383. The summed E-state index contributed by atoms with van der Waals surface area (Å²) in [6.45, 7) is 7.71. The zero-order chi connectivity index (χ0) is 23.6. The maximum Gasteiger partial charge on any atom is 0.305 e. The standard InChI is InChI=1S/C24H27F2NO2.C2H2/c1-5-18(15-27(4)14-13-22(28)29)21-12-8-11-20(17(3)24(25)26)23(21)19-10-7-6-9-16(19)2;1-2/h5-12,15,17,24H,1,13-14H2,2-4H3,(H,28,29);1-2H/b18-15+;. The second-order valence-corrected chi connectivity index (χ2v) is 7.12. The number of allylic oxidation sites excluding steroid dienone is 2. The Morgan fingerprint density at radius 3 is 2.39 bits per heavy atom. The smallest absolute Gasteiger partial charge is 0.305 e. The van der Waals surface area contributed by atoms with Crippen molar-refractivity contribution in [1.82, 2.24) is 4.90 Å². The molecule has 0 radical (unpaired) electrons. The lowest BCUT2D eigenvalue weighted by molar-refractivity contribution is -0.137. The molecular weight excluding hydrogens is 396 g/mol. The SMILES string of the molecule is C#C.C=C/C(=C\N(C)CCC(=O)O)c1cccc(C(C)C(F)F)c1-c1ccccc1C. The summed E-state index contributed by atoms with van der Waals surface area (Å²) in [6, 6.07) is 13.1. The Morgan fingerprint density at radius 2 is 1.84 bits per heavy atom. The lowest BCUT2D eigenvalue weighted by Crippen LogP contribution is -2.16. The molecule has 2 aromatic rings. The number of hydrogen-bond acceptors (Lipinski definition) is 2. The van der Waals surface area contributed by atoms with E-state index >= 15 is 0 Å². The van der Waals surface area contributed by atoms with Gasteiger partial charge in [-0.05, 0) is 40.3 Å². The highest BCUT2D eigenvalue weighted by atomic mass is 19.3. The van der Waals surface area contributed by atoms with Crippen molar-refractivity contribution in [2.75, 3.05) is 13.6 Å². The second-order valence-electron chi connectivity index (χ2n) is 7.12. The van der Waals surface area contributed by atoms with Crippen molar-refractivity contribution in [3.8, 4) is 24.0 Å². The van der Waals surface area contributed by atoms with Crippen LogP contribution >= 0.6 is 0 Å². The van der Waals surface area contributed by atoms with Gasteiger partial charge in [0, 0.05) is 25.7 Å². The molecule has 0 fully saturated rings. The monoisotopic (exact) mass is 425 g/mol. The summed E-state index contributed by atoms with van der Waals surface area (Å²) in [5.74, 6) is -1.81. The van der Waals surface area contributed by atoms with Crippen molar-refractivity contribution >= 4 is 11.5 Å². The van der Waals surface area contributed by atoms with E-state index in [1.54, 1.807) is 30.2 Å². The summed E-state index contributed by atoms with van der Waals surface area (Å²) in [5.41, 5.74) is 4.77. The van der Waals surface area contributed by atoms with Gasteiger partial charge in [-0.1, -0.05) is 62.0 Å². The topological polar surface area (TPSA) is 40.5 Å². The van der Waals surface area contributed by atoms with E-state index < -0.39 is 18.3 Å². The number of alkyl halides is 2. The highest BCUT2D eigenvalue weighted by molar-refractivity contribution is 5.88. The fourth-order valence-electron chi connectivity index (χ4n) is 3.29. The van der Waals surface area contributed by atoms with Crippen LogP contribution in [0.2, 0.25) is 0 Å². The Bertz CT molecular complexity index is 947. The zero-order valence-corrected chi connectivity index (χ0v) is 18.2. The lowest BCUT2D eigenvalue weighted by Gasteiger charge is -2.22. The molecule has 1 unspecified atom stereocenters. The predicted molar refractivity (Wildman–Crippen MR) is 124 cm³/mol. The molecule has 31 heavy (non-hydrogen) atoms. The van der Waals surface area contributed by atoms with Gasteiger partial charge in [-0.3, -0.25) is 4.79 Å². The van der Waals surface area contributed by atoms with E-state index in [0.717, 1.165) is 27.8 Å². The third-order valence-electron chi connectivity index (χ3n) is 4.95. The fraction of sp³-hybridized carbons (Fsp3) is 0.269. The van der Waals surface area contributed by atoms with Crippen molar-refractivity contribution in [3.05, 3.63) is 78.0 Å². The molecule has 2 rings (SSSR count). The summed E-state index contributed by atoms with van der Waals surface area (Å²) < 4.78 is 27.2. The van der Waals surface area contributed by atoms with Crippen LogP contribution in [-0.4, -0.2) is 36.0 Å². The number of carbonyl (C=O) groups is 1. The predicted octanol–water partition coefficient (Wildman–Crippen LogP) is 6.21. The van der Waals surface area contributed by atoms with E-state index in [-0.39, 0.29) is 6.42 Å². The third-order valence-corrected chi connectivity index (χ3v) is 4.95. The molecule has 2 aromatic carbocycles. The second kappa shape index (κ2) is 12.3. The Balaban J connectivity index is 0.00000233. The first-order valence-electron chi connectivity index (χ1n) is 9.83. The molecule has 0 aromatic heterocycles. The van der Waals surface area contributed by atoms with Crippen molar-refractivity contribution in [3.63, 3.8) is 0 Å². The number of carboxylic acids is 1. The lowest BCUT2D eigenvalue weighted by atomic mass is 9.84. The molecule has 3 nitrogen and oxygen atoms in total. The van der Waals surface area contributed by atoms with Gasteiger partial charge in [0.05, 0.1) is 6.42 Å². The van der Waals surface area contributed by atoms with E-state index in [4.69, 9.17) is 5.11 Å². The highest BCUT2D eigenvalue weighted by Crippen LogP contribution is 2.39. The van der Waals surface area contributed by atoms with Crippen LogP contribution in [0.15, 0.2) is 61.3 Å². The summed E-state index contributed by atoms with van der Waals surface area (Å²) in [4.78, 5) is 12.6. The maximum atomic E-state index is 13.6. The zero-order valence-electron chi connectivity index (χ0n) is 18.2. The number of aryl methyl sites for hydroxylation is 1. The Kier molecular flexibility index (Phi) is 10.2. The van der Waals surface area contributed by atoms with E-state index in [1.165, 1.54) is 6.92 Å². The van der Waals surface area contributed by atoms with Crippen LogP contribution in [0.25, 0.3) is 16.7 Å². The van der Waals surface area contributed by atoms with Crippen LogP contribution in [0.3, 0.4) is 0 Å². The number of halogens is 2. The van der Waals surface area contributed by atoms with E-state index in [1.807, 2.05) is 43.5 Å². The fourth-order valence-corrected chi connectivity index (χ4v) is 3.29. The van der Waals surface area contributed by atoms with Gasteiger partial charge in [0.2, 0.25) is 6.43 Å². The molecule has 164 valence electrons. The molecule has 0 saturated heterocycles. The molecule has 0 spiro atoms. The van der Waals surface area contributed by atoms with Crippen LogP contribution in [0.1, 0.15) is 36.0 Å². The summed E-state index contributed by atoms with van der Waals surface area (Å²) in [5, 5.41) is 8.90. The van der Waals surface area contributed by atoms with Gasteiger partial charge in [0.1, 0.15) is 0 Å². The molecule has 0 heterocycles.